The van der Waals surface area contributed by atoms with Gasteiger partial charge in [0.1, 0.15) is 6.04 Å². The van der Waals surface area contributed by atoms with Gasteiger partial charge in [0.15, 0.2) is 5.11 Å². The zero-order valence-electron chi connectivity index (χ0n) is 9.81. The van der Waals surface area contributed by atoms with Crippen molar-refractivity contribution >= 4 is 63.9 Å². The van der Waals surface area contributed by atoms with Crippen LogP contribution in [0.25, 0.3) is 0 Å². The van der Waals surface area contributed by atoms with E-state index in [4.69, 9.17) is 35.4 Å². The first-order chi connectivity index (χ1) is 9.09. The molecule has 3 rings (SSSR count). The Morgan fingerprint density at radius 3 is 2.84 bits per heavy atom. The number of thioether (sulfide) groups is 1. The Kier molecular flexibility index (Phi) is 3.64. The van der Waals surface area contributed by atoms with E-state index in [0.29, 0.717) is 20.8 Å². The second-order valence-corrected chi connectivity index (χ2v) is 6.65. The molecule has 2 fully saturated rings. The molecule has 0 aliphatic carbocycles. The van der Waals surface area contributed by atoms with E-state index < -0.39 is 0 Å². The number of carbonyl (C=O) groups excluding carboxylic acids is 1. The molecule has 0 radical (unpaired) electrons. The topological polar surface area (TPSA) is 23.6 Å². The summed E-state index contributed by atoms with van der Waals surface area (Å²) in [5.74, 6) is 1.75. The zero-order valence-corrected chi connectivity index (χ0v) is 13.0. The minimum absolute atomic E-state index is 0.00882. The van der Waals surface area contributed by atoms with Crippen molar-refractivity contribution in [2.45, 2.75) is 12.5 Å². The maximum absolute atomic E-state index is 12.5. The van der Waals surface area contributed by atoms with E-state index in [1.54, 1.807) is 30.0 Å². The summed E-state index contributed by atoms with van der Waals surface area (Å²) in [4.78, 5) is 16.0. The summed E-state index contributed by atoms with van der Waals surface area (Å²) in [7, 11) is 0. The van der Waals surface area contributed by atoms with Crippen molar-refractivity contribution in [3.05, 3.63) is 28.2 Å². The van der Waals surface area contributed by atoms with Gasteiger partial charge in [-0.05, 0) is 42.6 Å². The Morgan fingerprint density at radius 2 is 2.16 bits per heavy atom. The fourth-order valence-electron chi connectivity index (χ4n) is 2.31. The lowest BCUT2D eigenvalue weighted by Gasteiger charge is -2.27. The largest absolute Gasteiger partial charge is 0.327 e. The first-order valence-corrected chi connectivity index (χ1v) is 8.09. The molecule has 0 saturated carbocycles. The van der Waals surface area contributed by atoms with E-state index in [9.17, 15) is 4.79 Å². The van der Waals surface area contributed by atoms with Crippen LogP contribution in [0, 0.1) is 0 Å². The molecule has 0 aromatic heterocycles. The molecule has 1 aromatic rings. The van der Waals surface area contributed by atoms with Crippen molar-refractivity contribution in [1.29, 1.82) is 0 Å². The second kappa shape index (κ2) is 5.13. The monoisotopic (exact) mass is 332 g/mol. The van der Waals surface area contributed by atoms with Gasteiger partial charge in [0.2, 0.25) is 0 Å². The van der Waals surface area contributed by atoms with Crippen LogP contribution in [0.15, 0.2) is 18.2 Å². The van der Waals surface area contributed by atoms with Gasteiger partial charge >= 0.3 is 0 Å². The fraction of sp³-hybridized carbons (Fsp3) is 0.333. The molecule has 2 aliphatic rings. The predicted molar refractivity (Wildman–Crippen MR) is 84.1 cm³/mol. The molecule has 1 unspecified atom stereocenters. The molecule has 1 amide bonds. The molecule has 0 spiro atoms. The summed E-state index contributed by atoms with van der Waals surface area (Å²) in [5.41, 5.74) is 0.612. The molecule has 1 aromatic carbocycles. The predicted octanol–water partition coefficient (Wildman–Crippen LogP) is 3.39. The Morgan fingerprint density at radius 1 is 1.37 bits per heavy atom. The van der Waals surface area contributed by atoms with Crippen LogP contribution in [0.4, 0.5) is 5.69 Å². The van der Waals surface area contributed by atoms with Gasteiger partial charge in [-0.2, -0.15) is 0 Å². The lowest BCUT2D eigenvalue weighted by atomic mass is 10.2. The van der Waals surface area contributed by atoms with E-state index in [-0.39, 0.29) is 11.9 Å². The summed E-state index contributed by atoms with van der Waals surface area (Å²) < 4.78 is 0. The van der Waals surface area contributed by atoms with Crippen LogP contribution in [-0.4, -0.2) is 33.6 Å². The van der Waals surface area contributed by atoms with Crippen LogP contribution < -0.4 is 4.90 Å². The molecule has 19 heavy (non-hydrogen) atoms. The van der Waals surface area contributed by atoms with Gasteiger partial charge in [0, 0.05) is 5.02 Å². The zero-order chi connectivity index (χ0) is 13.6. The van der Waals surface area contributed by atoms with Crippen molar-refractivity contribution < 1.29 is 4.79 Å². The van der Waals surface area contributed by atoms with E-state index in [2.05, 4.69) is 0 Å². The standard InChI is InChI=1S/C12H10Cl2N2OS2/c13-7-1-2-9(8(14)5-7)16-11(17)10-3-4-19-6-15(10)12(16)18/h1-2,5,10H,3-4,6H2. The smallest absolute Gasteiger partial charge is 0.256 e. The van der Waals surface area contributed by atoms with Gasteiger partial charge in [-0.3, -0.25) is 9.69 Å². The third-order valence-electron chi connectivity index (χ3n) is 3.24. The molecule has 0 N–H and O–H groups in total. The number of halogens is 2. The quantitative estimate of drug-likeness (QED) is 0.735. The highest BCUT2D eigenvalue weighted by molar-refractivity contribution is 7.99. The van der Waals surface area contributed by atoms with Gasteiger partial charge in [0.25, 0.3) is 5.91 Å². The average Bonchev–Trinajstić information content (AvgIpc) is 2.64. The Bertz CT molecular complexity index is 543. The summed E-state index contributed by atoms with van der Waals surface area (Å²) in [6, 6.07) is 4.94. The summed E-state index contributed by atoms with van der Waals surface area (Å²) in [5, 5.41) is 1.52. The fourth-order valence-corrected chi connectivity index (χ4v) is 4.28. The first kappa shape index (κ1) is 13.5. The Hall–Kier alpha value is -0.490. The molecular weight excluding hydrogens is 323 g/mol. The van der Waals surface area contributed by atoms with E-state index in [1.807, 2.05) is 4.90 Å². The van der Waals surface area contributed by atoms with Crippen molar-refractivity contribution in [1.82, 2.24) is 4.90 Å². The summed E-state index contributed by atoms with van der Waals surface area (Å²) >= 11 is 19.3. The van der Waals surface area contributed by atoms with Crippen molar-refractivity contribution in [2.75, 3.05) is 16.5 Å². The highest BCUT2D eigenvalue weighted by Gasteiger charge is 2.44. The third kappa shape index (κ3) is 2.23. The number of fused-ring (bicyclic) bond motifs is 1. The molecule has 2 saturated heterocycles. The van der Waals surface area contributed by atoms with Gasteiger partial charge in [-0.15, -0.1) is 11.8 Å². The van der Waals surface area contributed by atoms with E-state index in [0.717, 1.165) is 18.1 Å². The van der Waals surface area contributed by atoms with Gasteiger partial charge in [0.05, 0.1) is 16.6 Å². The van der Waals surface area contributed by atoms with Crippen molar-refractivity contribution in [2.24, 2.45) is 0 Å². The minimum Gasteiger partial charge on any atom is -0.327 e. The molecule has 1 atom stereocenters. The second-order valence-electron chi connectivity index (χ2n) is 4.36. The highest BCUT2D eigenvalue weighted by atomic mass is 35.5. The number of carbonyl (C=O) groups is 1. The lowest BCUT2D eigenvalue weighted by molar-refractivity contribution is -0.119. The molecule has 2 aliphatic heterocycles. The number of hydrogen-bond acceptors (Lipinski definition) is 3. The maximum Gasteiger partial charge on any atom is 0.256 e. The molecule has 7 heteroatoms. The van der Waals surface area contributed by atoms with Gasteiger partial charge in [-0.25, -0.2) is 0 Å². The molecular formula is C12H10Cl2N2OS2. The normalized spacial score (nSPS) is 22.9. The molecule has 100 valence electrons. The summed E-state index contributed by atoms with van der Waals surface area (Å²) in [6.45, 7) is 0. The number of rotatable bonds is 1. The number of amides is 1. The summed E-state index contributed by atoms with van der Waals surface area (Å²) in [6.07, 6.45) is 0.825. The van der Waals surface area contributed by atoms with E-state index in [1.165, 1.54) is 4.90 Å². The van der Waals surface area contributed by atoms with Crippen LogP contribution in [-0.2, 0) is 4.79 Å². The van der Waals surface area contributed by atoms with Gasteiger partial charge < -0.3 is 4.90 Å². The highest BCUT2D eigenvalue weighted by Crippen LogP contribution is 2.36. The van der Waals surface area contributed by atoms with Crippen LogP contribution in [0.3, 0.4) is 0 Å². The van der Waals surface area contributed by atoms with Crippen LogP contribution in [0.2, 0.25) is 10.0 Å². The maximum atomic E-state index is 12.5. The number of thiocarbonyl (C=S) groups is 1. The molecule has 3 nitrogen and oxygen atoms in total. The third-order valence-corrected chi connectivity index (χ3v) is 5.18. The molecule has 2 heterocycles. The number of anilines is 1. The average molecular weight is 333 g/mol. The van der Waals surface area contributed by atoms with Crippen molar-refractivity contribution in [3.8, 4) is 0 Å². The molecule has 0 bridgehead atoms. The van der Waals surface area contributed by atoms with Gasteiger partial charge in [-0.1, -0.05) is 23.2 Å². The Labute approximate surface area is 130 Å². The number of hydrogen-bond donors (Lipinski definition) is 0. The number of nitrogens with zero attached hydrogens (tertiary/aromatic N) is 2. The van der Waals surface area contributed by atoms with Crippen molar-refractivity contribution in [3.63, 3.8) is 0 Å². The van der Waals surface area contributed by atoms with Crippen LogP contribution >= 0.6 is 47.2 Å². The van der Waals surface area contributed by atoms with Crippen LogP contribution in [0.1, 0.15) is 6.42 Å². The lowest BCUT2D eigenvalue weighted by Crippen LogP contribution is -2.38. The van der Waals surface area contributed by atoms with E-state index >= 15 is 0 Å². The number of benzene rings is 1. The minimum atomic E-state index is -0.138. The SMILES string of the molecule is O=C1C2CCSCN2C(=S)N1c1ccc(Cl)cc1Cl. The first-order valence-electron chi connectivity index (χ1n) is 5.77. The Balaban J connectivity index is 2.00. The van der Waals surface area contributed by atoms with Crippen LogP contribution in [0.5, 0.6) is 0 Å².